The number of nitrogens with one attached hydrogen (secondary N) is 4. The fourth-order valence-corrected chi connectivity index (χ4v) is 14.9. The van der Waals surface area contributed by atoms with Crippen LogP contribution in [-0.2, 0) is 59.4 Å². The minimum atomic E-state index is -1.62. The Bertz CT molecular complexity index is 3670. The van der Waals surface area contributed by atoms with Crippen molar-refractivity contribution in [3.05, 3.63) is 130 Å². The van der Waals surface area contributed by atoms with Gasteiger partial charge in [-0.15, -0.1) is 0 Å². The predicted molar refractivity (Wildman–Crippen MR) is 336 cm³/mol. The largest absolute Gasteiger partial charge is 0.479 e. The van der Waals surface area contributed by atoms with Gasteiger partial charge in [-0.3, -0.25) is 29.4 Å². The van der Waals surface area contributed by atoms with Crippen molar-refractivity contribution in [2.75, 3.05) is 56.6 Å². The van der Waals surface area contributed by atoms with Crippen molar-refractivity contribution in [2.45, 2.75) is 129 Å². The Hall–Kier alpha value is -8.62. The number of aliphatic hydroxyl groups excluding tert-OH is 2. The second-order valence-electron chi connectivity index (χ2n) is 25.4. The minimum Gasteiger partial charge on any atom is -0.479 e. The van der Waals surface area contributed by atoms with Gasteiger partial charge in [-0.2, -0.15) is 0 Å². The molecular formula is C66H77N9O15S. The number of likely N-dealkylation sites (N-methyl/N-ethyl adjacent to an activating group) is 1. The second kappa shape index (κ2) is 27.5. The highest BCUT2D eigenvalue weighted by molar-refractivity contribution is 7.22. The molecule has 5 aromatic rings. The van der Waals surface area contributed by atoms with Crippen LogP contribution < -0.4 is 25.6 Å². The zero-order chi connectivity index (χ0) is 64.9. The van der Waals surface area contributed by atoms with Gasteiger partial charge in [-0.1, -0.05) is 68.5 Å². The van der Waals surface area contributed by atoms with E-state index in [2.05, 4.69) is 41.7 Å². The van der Waals surface area contributed by atoms with E-state index in [0.717, 1.165) is 70.3 Å². The Morgan fingerprint density at radius 3 is 2.46 bits per heavy atom. The number of allylic oxidation sites excluding steroid dienone is 2. The Labute approximate surface area is 530 Å². The van der Waals surface area contributed by atoms with Crippen molar-refractivity contribution >= 4 is 86.0 Å². The molecule has 2 bridgehead atoms. The summed E-state index contributed by atoms with van der Waals surface area (Å²) in [5.74, 6) is -3.68. The number of aryl methyl sites for hydroxylation is 1. The maximum atomic E-state index is 13.8. The number of hydrogen-bond donors (Lipinski definition) is 8. The van der Waals surface area contributed by atoms with Gasteiger partial charge in [0, 0.05) is 92.5 Å². The lowest BCUT2D eigenvalue weighted by molar-refractivity contribution is -0.238. The molecule has 10 rings (SSSR count). The van der Waals surface area contributed by atoms with Crippen LogP contribution in [0.25, 0.3) is 15.8 Å². The molecule has 3 aliphatic heterocycles. The van der Waals surface area contributed by atoms with Gasteiger partial charge in [0.15, 0.2) is 16.9 Å². The van der Waals surface area contributed by atoms with E-state index in [1.807, 2.05) is 48.2 Å². The summed E-state index contributed by atoms with van der Waals surface area (Å²) in [6.45, 7) is 9.78. The number of ether oxygens (including phenoxy) is 4. The number of carboxylic acids is 2. The van der Waals surface area contributed by atoms with Crippen molar-refractivity contribution in [1.29, 1.82) is 5.41 Å². The van der Waals surface area contributed by atoms with Gasteiger partial charge in [0.2, 0.25) is 12.2 Å². The van der Waals surface area contributed by atoms with E-state index >= 15 is 0 Å². The molecule has 2 aliphatic carbocycles. The molecule has 5 amide bonds. The van der Waals surface area contributed by atoms with Gasteiger partial charge >= 0.3 is 18.0 Å². The number of anilines is 2. The van der Waals surface area contributed by atoms with E-state index in [-0.39, 0.29) is 66.5 Å². The number of hydrogen-bond acceptors (Lipinski definition) is 19. The molecule has 24 nitrogen and oxygen atoms in total. The van der Waals surface area contributed by atoms with Crippen molar-refractivity contribution in [3.63, 3.8) is 0 Å². The molecule has 8 N–H and O–H groups in total. The standard InChI is InChI=1S/C66H77N9O15S/c1-38-28-64(3)34-65(4,37-69-39(2)45(30-67)43-17-18-52(71-56(43)60(84)85)74-23-21-41-11-8-12-44(46(41)31-74)58(81)72-62-70-47-13-6-7-14-51(47)91-62)36-66(29-38,35-64)88-25-24-73(5)63(86)87-33-42-16-15-40(10-9-22-68-53(77)32-75-54(78)19-20-55(75)79)26-49(42)89-61-57(80)48(76)27-50(90-61)59(82)83/h6-8,11-20,26,30,38,48,50,57,61,67,69,76,80H,9-10,21-25,27-29,31-37H2,1-5H3,(H,68,77)(H,82,83)(H,84,85)(H,70,72,81)/b45-39+,67-30?/t38?,48?,50?,57-,61?,64?,65?,66?/m1/s1. The molecule has 3 fully saturated rings. The Kier molecular flexibility index (Phi) is 19.7. The van der Waals surface area contributed by atoms with E-state index in [4.69, 9.17) is 29.3 Å². The summed E-state index contributed by atoms with van der Waals surface area (Å²) in [6, 6.07) is 21.8. The number of carbonyl (C=O) groups is 7. The van der Waals surface area contributed by atoms with Crippen LogP contribution in [0, 0.1) is 22.2 Å². The average molecular weight is 1270 g/mol. The summed E-state index contributed by atoms with van der Waals surface area (Å²) < 4.78 is 25.3. The van der Waals surface area contributed by atoms with Gasteiger partial charge in [0.25, 0.3) is 17.7 Å². The fraction of sp³-hybridized carbons (Fsp3) is 0.455. The molecule has 3 aromatic carbocycles. The van der Waals surface area contributed by atoms with Crippen LogP contribution in [0.1, 0.15) is 121 Å². The third-order valence-electron chi connectivity index (χ3n) is 17.7. The summed E-state index contributed by atoms with van der Waals surface area (Å²) in [4.78, 5) is 102. The van der Waals surface area contributed by atoms with E-state index in [1.54, 1.807) is 43.4 Å². The van der Waals surface area contributed by atoms with Crippen LogP contribution in [0.5, 0.6) is 5.75 Å². The number of aromatic nitrogens is 2. The van der Waals surface area contributed by atoms with Gasteiger partial charge in [-0.05, 0) is 128 Å². The van der Waals surface area contributed by atoms with E-state index in [0.29, 0.717) is 90.1 Å². The summed E-state index contributed by atoms with van der Waals surface area (Å²) in [7, 11) is 1.59. The van der Waals surface area contributed by atoms with Gasteiger partial charge < -0.3 is 65.2 Å². The second-order valence-corrected chi connectivity index (χ2v) is 26.4. The fourth-order valence-electron chi connectivity index (χ4n) is 14.1. The first-order chi connectivity index (χ1) is 43.4. The van der Waals surface area contributed by atoms with Gasteiger partial charge in [-0.25, -0.2) is 24.4 Å². The molecule has 482 valence electrons. The minimum absolute atomic E-state index is 0.0848. The number of amides is 5. The summed E-state index contributed by atoms with van der Waals surface area (Å²) in [5.41, 5.74) is 4.31. The van der Waals surface area contributed by atoms with Gasteiger partial charge in [0.1, 0.15) is 30.8 Å². The lowest BCUT2D eigenvalue weighted by Crippen LogP contribution is -2.56. The first-order valence-electron chi connectivity index (χ1n) is 30.5. The SMILES string of the molecule is C/C(NCC1(C)CC2(C)CC(C)CC(OCCN(C)C(=O)OCc3ccc(CCCNC(=O)CN4C(=O)C=CC4=O)cc3OC3OC(C(=O)O)CC(O)[C@H]3O)(C1)C2)=C(/C=N)c1ccc(N2CCc3cccc(C(=O)Nc4nc5ccccc5s4)c3C2)nc1C(=O)O. The van der Waals surface area contributed by atoms with Crippen LogP contribution in [0.3, 0.4) is 0 Å². The Morgan fingerprint density at radius 2 is 1.71 bits per heavy atom. The van der Waals surface area contributed by atoms with E-state index in [9.17, 15) is 54.0 Å². The summed E-state index contributed by atoms with van der Waals surface area (Å²) in [5, 5.41) is 60.0. The summed E-state index contributed by atoms with van der Waals surface area (Å²) in [6.07, 6.45) is 1.71. The highest BCUT2D eigenvalue weighted by Gasteiger charge is 2.55. The number of para-hydroxylation sites is 1. The lowest BCUT2D eigenvalue weighted by Gasteiger charge is -2.59. The molecule has 2 saturated carbocycles. The predicted octanol–water partition coefficient (Wildman–Crippen LogP) is 7.10. The van der Waals surface area contributed by atoms with Crippen LogP contribution in [0.15, 0.2) is 90.6 Å². The van der Waals surface area contributed by atoms with E-state index < -0.39 is 72.5 Å². The van der Waals surface area contributed by atoms with Gasteiger partial charge in [0.05, 0.1) is 28.5 Å². The highest BCUT2D eigenvalue weighted by Crippen LogP contribution is 2.60. The van der Waals surface area contributed by atoms with Crippen molar-refractivity contribution < 1.29 is 72.9 Å². The number of aliphatic carboxylic acids is 1. The van der Waals surface area contributed by atoms with E-state index in [1.165, 1.54) is 16.2 Å². The number of aromatic carboxylic acids is 1. The van der Waals surface area contributed by atoms with Crippen LogP contribution in [0.2, 0.25) is 0 Å². The normalized spacial score (nSPS) is 24.7. The molecule has 1 saturated heterocycles. The number of carboxylic acid groups (broad SMARTS) is 2. The number of nitrogens with zero attached hydrogens (tertiary/aromatic N) is 5. The molecule has 7 unspecified atom stereocenters. The molecule has 0 radical (unpaired) electrons. The number of pyridine rings is 1. The number of imide groups is 1. The Morgan fingerprint density at radius 1 is 0.934 bits per heavy atom. The first kappa shape index (κ1) is 65.3. The lowest BCUT2D eigenvalue weighted by atomic mass is 9.51. The number of fused-ring (bicyclic) bond motifs is 4. The zero-order valence-corrected chi connectivity index (χ0v) is 52.3. The molecule has 25 heteroatoms. The Balaban J connectivity index is 0.761. The van der Waals surface area contributed by atoms with Crippen molar-refractivity contribution in [3.8, 4) is 5.75 Å². The van der Waals surface area contributed by atoms with Crippen LogP contribution >= 0.6 is 11.3 Å². The third-order valence-corrected chi connectivity index (χ3v) is 18.7. The average Bonchev–Trinajstić information content (AvgIpc) is 1.62. The number of aliphatic hydroxyl groups is 2. The number of carbonyl (C=O) groups excluding carboxylic acids is 5. The third kappa shape index (κ3) is 15.2. The number of benzene rings is 3. The molecule has 2 aromatic heterocycles. The van der Waals surface area contributed by atoms with Crippen LogP contribution in [0.4, 0.5) is 15.7 Å². The smallest absolute Gasteiger partial charge is 0.409 e. The zero-order valence-electron chi connectivity index (χ0n) is 51.5. The maximum Gasteiger partial charge on any atom is 0.409 e. The maximum absolute atomic E-state index is 13.8. The summed E-state index contributed by atoms with van der Waals surface area (Å²) >= 11 is 1.40. The molecule has 91 heavy (non-hydrogen) atoms. The topological polar surface area (TPSA) is 333 Å². The molecule has 5 heterocycles. The quantitative estimate of drug-likeness (QED) is 0.0173. The van der Waals surface area contributed by atoms with Crippen molar-refractivity contribution in [1.82, 2.24) is 30.4 Å². The molecule has 8 atom stereocenters. The highest BCUT2D eigenvalue weighted by atomic mass is 32.1. The monoisotopic (exact) mass is 1270 g/mol. The number of rotatable bonds is 24. The van der Waals surface area contributed by atoms with Crippen molar-refractivity contribution in [2.24, 2.45) is 16.7 Å². The molecule has 5 aliphatic rings. The first-order valence-corrected chi connectivity index (χ1v) is 31.3. The number of thiazole rings is 1. The molecular weight excluding hydrogens is 1190 g/mol. The molecule has 0 spiro atoms. The van der Waals surface area contributed by atoms with Crippen LogP contribution in [-0.4, -0.2) is 165 Å².